The van der Waals surface area contributed by atoms with Gasteiger partial charge in [0.2, 0.25) is 0 Å². The second kappa shape index (κ2) is 8.82. The van der Waals surface area contributed by atoms with E-state index in [4.69, 9.17) is 4.74 Å². The van der Waals surface area contributed by atoms with Crippen molar-refractivity contribution in [3.05, 3.63) is 62.7 Å². The molecule has 0 aliphatic rings. The second-order valence-electron chi connectivity index (χ2n) is 5.83. The number of hydrogen-bond acceptors (Lipinski definition) is 3. The topological polar surface area (TPSA) is 50.7 Å². The highest BCUT2D eigenvalue weighted by Crippen LogP contribution is 2.27. The zero-order valence-corrected chi connectivity index (χ0v) is 16.2. The molecule has 126 valence electrons. The van der Waals surface area contributed by atoms with E-state index in [0.29, 0.717) is 5.92 Å². The van der Waals surface area contributed by atoms with Crippen LogP contribution in [0.5, 0.6) is 5.75 Å². The molecule has 0 bridgehead atoms. The van der Waals surface area contributed by atoms with Crippen LogP contribution in [0, 0.1) is 10.5 Å². The minimum atomic E-state index is -0.284. The van der Waals surface area contributed by atoms with Gasteiger partial charge in [-0.15, -0.1) is 0 Å². The number of hydrogen-bond donors (Lipinski definition) is 1. The van der Waals surface area contributed by atoms with Crippen LogP contribution in [0.15, 0.2) is 47.6 Å². The summed E-state index contributed by atoms with van der Waals surface area (Å²) in [5.74, 6) is 0.803. The minimum absolute atomic E-state index is 0.0623. The molecule has 4 nitrogen and oxygen atoms in total. The predicted molar refractivity (Wildman–Crippen MR) is 106 cm³/mol. The van der Waals surface area contributed by atoms with Crippen molar-refractivity contribution in [2.75, 3.05) is 6.61 Å². The number of amides is 1. The number of nitrogens with zero attached hydrogens (tertiary/aromatic N) is 1. The third-order valence-corrected chi connectivity index (χ3v) is 4.14. The van der Waals surface area contributed by atoms with Crippen molar-refractivity contribution >= 4 is 34.7 Å². The van der Waals surface area contributed by atoms with Crippen LogP contribution < -0.4 is 10.2 Å². The molecule has 0 heterocycles. The summed E-state index contributed by atoms with van der Waals surface area (Å²) >= 11 is 2.24. The van der Waals surface area contributed by atoms with Crippen LogP contribution in [0.25, 0.3) is 0 Å². The van der Waals surface area contributed by atoms with Gasteiger partial charge in [0.1, 0.15) is 5.75 Å². The highest BCUT2D eigenvalue weighted by atomic mass is 127. The molecule has 0 spiro atoms. The van der Waals surface area contributed by atoms with Crippen LogP contribution in [0.4, 0.5) is 0 Å². The number of nitrogens with one attached hydrogen (secondary N) is 1. The summed E-state index contributed by atoms with van der Waals surface area (Å²) in [5.41, 5.74) is 5.61. The lowest BCUT2D eigenvalue weighted by atomic mass is 10.0. The second-order valence-corrected chi connectivity index (χ2v) is 7.08. The van der Waals surface area contributed by atoms with Gasteiger partial charge in [0.05, 0.1) is 6.21 Å². The summed E-state index contributed by atoms with van der Waals surface area (Å²) in [6.45, 7) is 6.14. The van der Waals surface area contributed by atoms with E-state index in [-0.39, 0.29) is 12.5 Å². The third-order valence-electron chi connectivity index (χ3n) is 3.42. The number of halogens is 1. The molecular weight excluding hydrogens is 415 g/mol. The standard InChI is InChI=1S/C19H21IN2O2/c1-13(2)17-9-4-14(3)10-18(17)24-12-19(23)22-21-11-15-5-7-16(20)8-6-15/h4-11,13H,12H2,1-3H3,(H,22,23). The first-order valence-corrected chi connectivity index (χ1v) is 8.84. The molecule has 0 saturated heterocycles. The fourth-order valence-corrected chi connectivity index (χ4v) is 2.51. The van der Waals surface area contributed by atoms with Gasteiger partial charge in [-0.2, -0.15) is 5.10 Å². The number of hydrazone groups is 1. The first-order valence-electron chi connectivity index (χ1n) is 7.76. The molecule has 1 N–H and O–H groups in total. The highest BCUT2D eigenvalue weighted by Gasteiger charge is 2.09. The molecule has 0 radical (unpaired) electrons. The van der Waals surface area contributed by atoms with E-state index < -0.39 is 0 Å². The third kappa shape index (κ3) is 5.63. The quantitative estimate of drug-likeness (QED) is 0.418. The maximum atomic E-state index is 11.9. The fourth-order valence-electron chi connectivity index (χ4n) is 2.15. The molecule has 5 heteroatoms. The van der Waals surface area contributed by atoms with Crippen molar-refractivity contribution in [1.82, 2.24) is 5.43 Å². The van der Waals surface area contributed by atoms with Gasteiger partial charge in [-0.25, -0.2) is 5.43 Å². The molecule has 2 aromatic rings. The van der Waals surface area contributed by atoms with Crippen molar-refractivity contribution in [1.29, 1.82) is 0 Å². The lowest BCUT2D eigenvalue weighted by Crippen LogP contribution is -2.25. The maximum absolute atomic E-state index is 11.9. The van der Waals surface area contributed by atoms with Crippen molar-refractivity contribution < 1.29 is 9.53 Å². The monoisotopic (exact) mass is 436 g/mol. The Morgan fingerprint density at radius 1 is 1.25 bits per heavy atom. The molecule has 0 saturated carbocycles. The van der Waals surface area contributed by atoms with Crippen LogP contribution in [0.3, 0.4) is 0 Å². The van der Waals surface area contributed by atoms with E-state index in [0.717, 1.165) is 26.0 Å². The van der Waals surface area contributed by atoms with Gasteiger partial charge >= 0.3 is 0 Å². The summed E-state index contributed by atoms with van der Waals surface area (Å²) in [6, 6.07) is 13.9. The van der Waals surface area contributed by atoms with E-state index in [1.54, 1.807) is 6.21 Å². The molecule has 2 rings (SSSR count). The Morgan fingerprint density at radius 2 is 1.96 bits per heavy atom. The highest BCUT2D eigenvalue weighted by molar-refractivity contribution is 14.1. The Labute approximate surface area is 156 Å². The molecular formula is C19H21IN2O2. The minimum Gasteiger partial charge on any atom is -0.483 e. The Balaban J connectivity index is 1.89. The molecule has 0 atom stereocenters. The normalized spacial score (nSPS) is 11.0. The van der Waals surface area contributed by atoms with Gasteiger partial charge in [0.25, 0.3) is 5.91 Å². The average molecular weight is 436 g/mol. The van der Waals surface area contributed by atoms with Gasteiger partial charge in [-0.3, -0.25) is 4.79 Å². The first-order chi connectivity index (χ1) is 11.5. The van der Waals surface area contributed by atoms with E-state index >= 15 is 0 Å². The van der Waals surface area contributed by atoms with Crippen LogP contribution in [-0.4, -0.2) is 18.7 Å². The molecule has 1 amide bonds. The average Bonchev–Trinajstić information content (AvgIpc) is 2.54. The lowest BCUT2D eigenvalue weighted by molar-refractivity contribution is -0.123. The Hall–Kier alpha value is -1.89. The SMILES string of the molecule is Cc1ccc(C(C)C)c(OCC(=O)NN=Cc2ccc(I)cc2)c1. The number of carbonyl (C=O) groups excluding carboxylic acids is 1. The Morgan fingerprint density at radius 3 is 2.62 bits per heavy atom. The fraction of sp³-hybridized carbons (Fsp3) is 0.263. The predicted octanol–water partition coefficient (Wildman–Crippen LogP) is 4.25. The summed E-state index contributed by atoms with van der Waals surface area (Å²) in [7, 11) is 0. The van der Waals surface area contributed by atoms with E-state index in [2.05, 4.69) is 47.0 Å². The van der Waals surface area contributed by atoms with Gasteiger partial charge < -0.3 is 4.74 Å². The molecule has 0 aliphatic carbocycles. The van der Waals surface area contributed by atoms with Crippen LogP contribution >= 0.6 is 22.6 Å². The zero-order valence-electron chi connectivity index (χ0n) is 14.0. The van der Waals surface area contributed by atoms with Gasteiger partial charge in [0, 0.05) is 3.57 Å². The van der Waals surface area contributed by atoms with Crippen molar-refractivity contribution in [3.63, 3.8) is 0 Å². The van der Waals surface area contributed by atoms with Crippen LogP contribution in [0.2, 0.25) is 0 Å². The van der Waals surface area contributed by atoms with Gasteiger partial charge in [-0.05, 0) is 70.3 Å². The summed E-state index contributed by atoms with van der Waals surface area (Å²) in [6.07, 6.45) is 1.61. The van der Waals surface area contributed by atoms with Crippen molar-refractivity contribution in [2.24, 2.45) is 5.10 Å². The smallest absolute Gasteiger partial charge is 0.277 e. The van der Waals surface area contributed by atoms with E-state index in [1.165, 1.54) is 0 Å². The van der Waals surface area contributed by atoms with Gasteiger partial charge in [-0.1, -0.05) is 38.1 Å². The Bertz CT molecular complexity index is 725. The number of aryl methyl sites for hydroxylation is 1. The molecule has 0 aromatic heterocycles. The van der Waals surface area contributed by atoms with Crippen molar-refractivity contribution in [2.45, 2.75) is 26.7 Å². The molecule has 2 aromatic carbocycles. The number of carbonyl (C=O) groups is 1. The van der Waals surface area contributed by atoms with E-state index in [9.17, 15) is 4.79 Å². The Kier molecular flexibility index (Phi) is 6.78. The zero-order chi connectivity index (χ0) is 17.5. The maximum Gasteiger partial charge on any atom is 0.277 e. The summed E-state index contributed by atoms with van der Waals surface area (Å²) in [5, 5.41) is 3.95. The first kappa shape index (κ1) is 18.4. The number of benzene rings is 2. The molecule has 0 unspecified atom stereocenters. The lowest BCUT2D eigenvalue weighted by Gasteiger charge is -2.14. The summed E-state index contributed by atoms with van der Waals surface area (Å²) in [4.78, 5) is 11.9. The number of rotatable bonds is 6. The number of ether oxygens (including phenoxy) is 1. The summed E-state index contributed by atoms with van der Waals surface area (Å²) < 4.78 is 6.83. The molecule has 24 heavy (non-hydrogen) atoms. The van der Waals surface area contributed by atoms with Crippen LogP contribution in [-0.2, 0) is 4.79 Å². The van der Waals surface area contributed by atoms with Gasteiger partial charge in [0.15, 0.2) is 6.61 Å². The van der Waals surface area contributed by atoms with Crippen molar-refractivity contribution in [3.8, 4) is 5.75 Å². The van der Waals surface area contributed by atoms with E-state index in [1.807, 2.05) is 49.4 Å². The molecule has 0 aliphatic heterocycles. The largest absolute Gasteiger partial charge is 0.483 e. The molecule has 0 fully saturated rings. The van der Waals surface area contributed by atoms with Crippen LogP contribution in [0.1, 0.15) is 36.5 Å².